The first-order valence-electron chi connectivity index (χ1n) is 8.76. The van der Waals surface area contributed by atoms with Crippen molar-refractivity contribution in [1.29, 1.82) is 0 Å². The maximum atomic E-state index is 12.9. The van der Waals surface area contributed by atoms with Crippen molar-refractivity contribution in [3.05, 3.63) is 81.5 Å². The fraction of sp³-hybridized carbons (Fsp3) is 0.182. The maximum absolute atomic E-state index is 12.9. The van der Waals surface area contributed by atoms with Crippen molar-refractivity contribution in [2.75, 3.05) is 7.11 Å². The minimum Gasteiger partial charge on any atom is -0.496 e. The lowest BCUT2D eigenvalue weighted by Crippen LogP contribution is -2.27. The summed E-state index contributed by atoms with van der Waals surface area (Å²) in [4.78, 5) is 17.4. The van der Waals surface area contributed by atoms with Gasteiger partial charge in [0.25, 0.3) is 5.91 Å². The quantitative estimate of drug-likeness (QED) is 0.568. The van der Waals surface area contributed by atoms with Gasteiger partial charge in [0, 0.05) is 32.9 Å². The first-order chi connectivity index (χ1) is 13.4. The number of carbonyl (C=O) groups excluding carboxylic acids is 1. The molecule has 0 saturated carbocycles. The molecular weight excluding hydrogens is 395 g/mol. The second-order valence-electron chi connectivity index (χ2n) is 6.43. The molecule has 3 rings (SSSR count). The number of ether oxygens (including phenoxy) is 1. The highest BCUT2D eigenvalue weighted by atomic mass is 35.5. The molecule has 2 aromatic carbocycles. The molecule has 0 fully saturated rings. The molecule has 0 aliphatic heterocycles. The molecule has 4 nitrogen and oxygen atoms in total. The van der Waals surface area contributed by atoms with Crippen molar-refractivity contribution < 1.29 is 9.53 Å². The number of halogens is 2. The van der Waals surface area contributed by atoms with Crippen molar-refractivity contribution in [1.82, 2.24) is 10.3 Å². The average Bonchev–Trinajstić information content (AvgIpc) is 2.67. The largest absolute Gasteiger partial charge is 0.496 e. The number of amides is 1. The Morgan fingerprint density at radius 2 is 1.79 bits per heavy atom. The fourth-order valence-corrected chi connectivity index (χ4v) is 3.67. The van der Waals surface area contributed by atoms with Crippen LogP contribution in [0.2, 0.25) is 10.0 Å². The Morgan fingerprint density at radius 1 is 1.11 bits per heavy atom. The summed E-state index contributed by atoms with van der Waals surface area (Å²) in [6, 6.07) is 14.3. The predicted octanol–water partition coefficient (Wildman–Crippen LogP) is 5.86. The van der Waals surface area contributed by atoms with E-state index in [0.717, 1.165) is 22.4 Å². The smallest absolute Gasteiger partial charge is 0.252 e. The van der Waals surface area contributed by atoms with Gasteiger partial charge in [-0.2, -0.15) is 0 Å². The van der Waals surface area contributed by atoms with E-state index in [1.165, 1.54) is 0 Å². The Kier molecular flexibility index (Phi) is 6.22. The van der Waals surface area contributed by atoms with Gasteiger partial charge in [-0.3, -0.25) is 9.78 Å². The molecule has 0 spiro atoms. The van der Waals surface area contributed by atoms with E-state index in [1.54, 1.807) is 37.6 Å². The van der Waals surface area contributed by atoms with Gasteiger partial charge in [0.2, 0.25) is 0 Å². The summed E-state index contributed by atoms with van der Waals surface area (Å²) in [5.74, 6) is 0.545. The van der Waals surface area contributed by atoms with Crippen LogP contribution in [0.15, 0.2) is 54.7 Å². The molecular formula is C22H20Cl2N2O2. The summed E-state index contributed by atoms with van der Waals surface area (Å²) in [6.45, 7) is 3.78. The minimum absolute atomic E-state index is 0.187. The Morgan fingerprint density at radius 3 is 2.46 bits per heavy atom. The second kappa shape index (κ2) is 8.63. The Bertz CT molecular complexity index is 1000. The monoisotopic (exact) mass is 414 g/mol. The van der Waals surface area contributed by atoms with Gasteiger partial charge in [-0.25, -0.2) is 0 Å². The summed E-state index contributed by atoms with van der Waals surface area (Å²) in [6.07, 6.45) is 1.61. The normalized spacial score (nSPS) is 11.8. The van der Waals surface area contributed by atoms with E-state index < -0.39 is 0 Å². The second-order valence-corrected chi connectivity index (χ2v) is 7.30. The molecule has 1 aromatic heterocycles. The molecule has 1 heterocycles. The van der Waals surface area contributed by atoms with E-state index >= 15 is 0 Å². The molecule has 28 heavy (non-hydrogen) atoms. The van der Waals surface area contributed by atoms with Crippen molar-refractivity contribution in [3.63, 3.8) is 0 Å². The number of methoxy groups -OCH3 is 1. The van der Waals surface area contributed by atoms with Crippen LogP contribution in [0.1, 0.15) is 34.5 Å². The van der Waals surface area contributed by atoms with Crippen LogP contribution in [0.25, 0.3) is 11.3 Å². The number of nitrogens with one attached hydrogen (secondary N) is 1. The molecule has 3 aromatic rings. The van der Waals surface area contributed by atoms with Gasteiger partial charge >= 0.3 is 0 Å². The molecule has 144 valence electrons. The fourth-order valence-electron chi connectivity index (χ4n) is 3.14. The molecule has 1 N–H and O–H groups in total. The first-order valence-corrected chi connectivity index (χ1v) is 9.52. The minimum atomic E-state index is -0.222. The molecule has 0 saturated heterocycles. The van der Waals surface area contributed by atoms with E-state index in [1.807, 2.05) is 38.1 Å². The van der Waals surface area contributed by atoms with Crippen LogP contribution in [-0.2, 0) is 0 Å². The number of benzene rings is 2. The van der Waals surface area contributed by atoms with Crippen molar-refractivity contribution in [2.45, 2.75) is 19.9 Å². The van der Waals surface area contributed by atoms with Gasteiger partial charge in [0.1, 0.15) is 5.75 Å². The number of rotatable bonds is 5. The Balaban J connectivity index is 1.90. The SMILES string of the molecule is COc1ccccc1[C@@H](C)NC(=O)c1ccnc(-c2cc(Cl)cc(Cl)c2)c1C. The topological polar surface area (TPSA) is 51.2 Å². The molecule has 0 radical (unpaired) electrons. The lowest BCUT2D eigenvalue weighted by molar-refractivity contribution is 0.0939. The maximum Gasteiger partial charge on any atom is 0.252 e. The van der Waals surface area contributed by atoms with Crippen LogP contribution in [0.4, 0.5) is 0 Å². The van der Waals surface area contributed by atoms with Crippen LogP contribution in [-0.4, -0.2) is 18.0 Å². The predicted molar refractivity (Wildman–Crippen MR) is 113 cm³/mol. The summed E-state index contributed by atoms with van der Waals surface area (Å²) in [5.41, 5.74) is 3.64. The summed E-state index contributed by atoms with van der Waals surface area (Å²) in [7, 11) is 1.61. The van der Waals surface area contributed by atoms with Crippen LogP contribution < -0.4 is 10.1 Å². The van der Waals surface area contributed by atoms with Crippen LogP contribution in [0.5, 0.6) is 5.75 Å². The van der Waals surface area contributed by atoms with Crippen molar-refractivity contribution >= 4 is 29.1 Å². The van der Waals surface area contributed by atoms with Crippen molar-refractivity contribution in [2.24, 2.45) is 0 Å². The first kappa shape index (κ1) is 20.2. The van der Waals surface area contributed by atoms with E-state index in [9.17, 15) is 4.79 Å². The third-order valence-electron chi connectivity index (χ3n) is 4.54. The van der Waals surface area contributed by atoms with Crippen molar-refractivity contribution in [3.8, 4) is 17.0 Å². The Hall–Kier alpha value is -2.56. The molecule has 1 amide bonds. The van der Waals surface area contributed by atoms with E-state index in [-0.39, 0.29) is 11.9 Å². The van der Waals surface area contributed by atoms with E-state index in [0.29, 0.717) is 21.3 Å². The summed E-state index contributed by atoms with van der Waals surface area (Å²) < 4.78 is 5.39. The third-order valence-corrected chi connectivity index (χ3v) is 4.97. The summed E-state index contributed by atoms with van der Waals surface area (Å²) >= 11 is 12.2. The lowest BCUT2D eigenvalue weighted by atomic mass is 10.0. The summed E-state index contributed by atoms with van der Waals surface area (Å²) in [5, 5.41) is 4.06. The van der Waals surface area contributed by atoms with Crippen LogP contribution in [0, 0.1) is 6.92 Å². The highest BCUT2D eigenvalue weighted by Gasteiger charge is 2.18. The van der Waals surface area contributed by atoms with Gasteiger partial charge in [-0.05, 0) is 49.7 Å². The van der Waals surface area contributed by atoms with E-state index in [2.05, 4.69) is 10.3 Å². The lowest BCUT2D eigenvalue weighted by Gasteiger charge is -2.18. The Labute approximate surface area is 174 Å². The molecule has 0 unspecified atom stereocenters. The van der Waals surface area contributed by atoms with Crippen LogP contribution >= 0.6 is 23.2 Å². The average molecular weight is 415 g/mol. The molecule has 0 aliphatic carbocycles. The molecule has 6 heteroatoms. The van der Waals surface area contributed by atoms with Gasteiger partial charge < -0.3 is 10.1 Å². The zero-order valence-corrected chi connectivity index (χ0v) is 17.3. The number of para-hydroxylation sites is 1. The molecule has 1 atom stereocenters. The van der Waals surface area contributed by atoms with Gasteiger partial charge in [0.15, 0.2) is 0 Å². The zero-order valence-electron chi connectivity index (χ0n) is 15.8. The number of aromatic nitrogens is 1. The third kappa shape index (κ3) is 4.29. The molecule has 0 bridgehead atoms. The highest BCUT2D eigenvalue weighted by Crippen LogP contribution is 2.30. The number of nitrogens with zero attached hydrogens (tertiary/aromatic N) is 1. The highest BCUT2D eigenvalue weighted by molar-refractivity contribution is 6.35. The van der Waals surface area contributed by atoms with Gasteiger partial charge in [-0.1, -0.05) is 41.4 Å². The number of hydrogen-bond acceptors (Lipinski definition) is 3. The number of pyridine rings is 1. The standard InChI is InChI=1S/C22H20Cl2N2O2/c1-13-18(8-9-25-21(13)15-10-16(23)12-17(24)11-15)22(27)26-14(2)19-6-4-5-7-20(19)28-3/h4-12,14H,1-3H3,(H,26,27)/t14-/m1/s1. The number of carbonyl (C=O) groups is 1. The van der Waals surface area contributed by atoms with Gasteiger partial charge in [-0.15, -0.1) is 0 Å². The zero-order chi connectivity index (χ0) is 20.3. The van der Waals surface area contributed by atoms with E-state index in [4.69, 9.17) is 27.9 Å². The van der Waals surface area contributed by atoms with Crippen LogP contribution in [0.3, 0.4) is 0 Å². The molecule has 0 aliphatic rings. The number of hydrogen-bond donors (Lipinski definition) is 1. The van der Waals surface area contributed by atoms with Gasteiger partial charge in [0.05, 0.1) is 18.8 Å².